The smallest absolute Gasteiger partial charge is 0.410 e. The van der Waals surface area contributed by atoms with Gasteiger partial charge in [-0.25, -0.2) is 13.3 Å². The molecule has 0 spiro atoms. The second-order valence-corrected chi connectivity index (χ2v) is 7.98. The quantitative estimate of drug-likeness (QED) is 0.778. The Morgan fingerprint density at radius 2 is 1.84 bits per heavy atom. The molecule has 110 valence electrons. The Labute approximate surface area is 117 Å². The van der Waals surface area contributed by atoms with Crippen LogP contribution >= 0.6 is 0 Å². The SMILES string of the molecule is CC(C)(C)OC(=O)N1CCC(S(=O)N2CCCC2)C1. The lowest BCUT2D eigenvalue weighted by molar-refractivity contribution is 0.0295. The molecule has 2 saturated heterocycles. The van der Waals surface area contributed by atoms with Gasteiger partial charge in [0.2, 0.25) is 0 Å². The minimum absolute atomic E-state index is 0.0746. The van der Waals surface area contributed by atoms with E-state index in [0.29, 0.717) is 13.1 Å². The van der Waals surface area contributed by atoms with E-state index in [-0.39, 0.29) is 11.3 Å². The lowest BCUT2D eigenvalue weighted by atomic mass is 10.2. The van der Waals surface area contributed by atoms with Gasteiger partial charge in [-0.15, -0.1) is 0 Å². The molecule has 2 aliphatic heterocycles. The summed E-state index contributed by atoms with van der Waals surface area (Å²) in [6, 6.07) is 0. The van der Waals surface area contributed by atoms with Crippen molar-refractivity contribution in [3.8, 4) is 0 Å². The van der Waals surface area contributed by atoms with E-state index in [1.807, 2.05) is 25.1 Å². The average Bonchev–Trinajstić information content (AvgIpc) is 2.98. The predicted octanol–water partition coefficient (Wildman–Crippen LogP) is 1.76. The standard InChI is InChI=1S/C13H24N2O3S/c1-13(2,3)18-12(16)14-9-6-11(10-14)19(17)15-7-4-5-8-15/h11H,4-10H2,1-3H3. The van der Waals surface area contributed by atoms with Crippen molar-refractivity contribution in [1.82, 2.24) is 9.21 Å². The highest BCUT2D eigenvalue weighted by molar-refractivity contribution is 7.83. The normalized spacial score (nSPS) is 26.7. The van der Waals surface area contributed by atoms with Crippen LogP contribution in [0.15, 0.2) is 0 Å². The second-order valence-electron chi connectivity index (χ2n) is 6.25. The molecule has 0 bridgehead atoms. The maximum atomic E-state index is 12.4. The number of ether oxygens (including phenoxy) is 1. The Hall–Kier alpha value is -0.620. The van der Waals surface area contributed by atoms with Crippen molar-refractivity contribution in [2.75, 3.05) is 26.2 Å². The summed E-state index contributed by atoms with van der Waals surface area (Å²) in [6.45, 7) is 8.64. The van der Waals surface area contributed by atoms with E-state index in [9.17, 15) is 9.00 Å². The highest BCUT2D eigenvalue weighted by atomic mass is 32.2. The van der Waals surface area contributed by atoms with Crippen LogP contribution in [0.3, 0.4) is 0 Å². The fourth-order valence-corrected chi connectivity index (χ4v) is 4.12. The molecule has 5 nitrogen and oxygen atoms in total. The van der Waals surface area contributed by atoms with Crippen molar-refractivity contribution >= 4 is 17.1 Å². The highest BCUT2D eigenvalue weighted by Gasteiger charge is 2.35. The van der Waals surface area contributed by atoms with Crippen molar-refractivity contribution in [3.05, 3.63) is 0 Å². The van der Waals surface area contributed by atoms with E-state index >= 15 is 0 Å². The maximum absolute atomic E-state index is 12.4. The number of hydrogen-bond acceptors (Lipinski definition) is 3. The molecular weight excluding hydrogens is 264 g/mol. The van der Waals surface area contributed by atoms with Gasteiger partial charge < -0.3 is 9.64 Å². The topological polar surface area (TPSA) is 49.9 Å². The van der Waals surface area contributed by atoms with Gasteiger partial charge in [0, 0.05) is 26.2 Å². The number of nitrogens with zero attached hydrogens (tertiary/aromatic N) is 2. The van der Waals surface area contributed by atoms with Crippen LogP contribution in [-0.4, -0.2) is 56.5 Å². The van der Waals surface area contributed by atoms with E-state index in [4.69, 9.17) is 4.74 Å². The summed E-state index contributed by atoms with van der Waals surface area (Å²) in [5.74, 6) is 0. The first kappa shape index (κ1) is 14.8. The van der Waals surface area contributed by atoms with Crippen LogP contribution in [-0.2, 0) is 15.7 Å². The van der Waals surface area contributed by atoms with Crippen LogP contribution in [0.1, 0.15) is 40.0 Å². The van der Waals surface area contributed by atoms with Gasteiger partial charge in [-0.1, -0.05) is 0 Å². The molecule has 0 N–H and O–H groups in total. The van der Waals surface area contributed by atoms with Gasteiger partial charge >= 0.3 is 6.09 Å². The van der Waals surface area contributed by atoms with Gasteiger partial charge in [-0.05, 0) is 40.0 Å². The van der Waals surface area contributed by atoms with Gasteiger partial charge in [-0.2, -0.15) is 0 Å². The summed E-state index contributed by atoms with van der Waals surface area (Å²) in [5, 5.41) is 0.0746. The zero-order valence-corrected chi connectivity index (χ0v) is 12.9. The Kier molecular flexibility index (Phi) is 4.50. The van der Waals surface area contributed by atoms with E-state index in [1.54, 1.807) is 4.90 Å². The Morgan fingerprint density at radius 3 is 2.42 bits per heavy atom. The summed E-state index contributed by atoms with van der Waals surface area (Å²) in [5.41, 5.74) is -0.469. The zero-order valence-electron chi connectivity index (χ0n) is 12.1. The summed E-state index contributed by atoms with van der Waals surface area (Å²) in [6.07, 6.45) is 2.79. The van der Waals surface area contributed by atoms with Crippen molar-refractivity contribution in [1.29, 1.82) is 0 Å². The molecule has 2 fully saturated rings. The molecule has 2 rings (SSSR count). The molecule has 2 heterocycles. The van der Waals surface area contributed by atoms with Crippen LogP contribution in [0, 0.1) is 0 Å². The van der Waals surface area contributed by atoms with Gasteiger partial charge in [0.25, 0.3) is 0 Å². The molecule has 0 aliphatic carbocycles. The molecule has 19 heavy (non-hydrogen) atoms. The summed E-state index contributed by atoms with van der Waals surface area (Å²) >= 11 is 0. The maximum Gasteiger partial charge on any atom is 0.410 e. The minimum atomic E-state index is -0.947. The van der Waals surface area contributed by atoms with E-state index < -0.39 is 16.6 Å². The lowest BCUT2D eigenvalue weighted by Crippen LogP contribution is -2.38. The van der Waals surface area contributed by atoms with Crippen molar-refractivity contribution in [2.24, 2.45) is 0 Å². The molecule has 0 aromatic carbocycles. The Balaban J connectivity index is 1.85. The van der Waals surface area contributed by atoms with Crippen LogP contribution in [0.2, 0.25) is 0 Å². The molecule has 1 amide bonds. The van der Waals surface area contributed by atoms with Gasteiger partial charge in [0.05, 0.1) is 16.2 Å². The van der Waals surface area contributed by atoms with E-state index in [1.165, 1.54) is 0 Å². The number of hydrogen-bond donors (Lipinski definition) is 0. The highest BCUT2D eigenvalue weighted by Crippen LogP contribution is 2.22. The minimum Gasteiger partial charge on any atom is -0.444 e. The van der Waals surface area contributed by atoms with Gasteiger partial charge in [-0.3, -0.25) is 0 Å². The Morgan fingerprint density at radius 1 is 1.21 bits per heavy atom. The van der Waals surface area contributed by atoms with Crippen LogP contribution in [0.25, 0.3) is 0 Å². The first-order valence-electron chi connectivity index (χ1n) is 7.00. The molecule has 2 atom stereocenters. The van der Waals surface area contributed by atoms with Gasteiger partial charge in [0.1, 0.15) is 5.60 Å². The molecule has 0 aromatic heterocycles. The first-order chi connectivity index (χ1) is 8.87. The molecular formula is C13H24N2O3S. The van der Waals surface area contributed by atoms with Gasteiger partial charge in [0.15, 0.2) is 0 Å². The van der Waals surface area contributed by atoms with E-state index in [2.05, 4.69) is 0 Å². The summed E-state index contributed by atoms with van der Waals surface area (Å²) < 4.78 is 19.8. The number of carbonyl (C=O) groups excluding carboxylic acids is 1. The summed E-state index contributed by atoms with van der Waals surface area (Å²) in [4.78, 5) is 13.6. The van der Waals surface area contributed by atoms with Crippen molar-refractivity contribution in [3.63, 3.8) is 0 Å². The van der Waals surface area contributed by atoms with E-state index in [0.717, 1.165) is 32.4 Å². The third kappa shape index (κ3) is 3.92. The zero-order chi connectivity index (χ0) is 14.0. The average molecular weight is 288 g/mol. The molecule has 6 heteroatoms. The Bertz CT molecular complexity index is 361. The summed E-state index contributed by atoms with van der Waals surface area (Å²) in [7, 11) is -0.947. The van der Waals surface area contributed by atoms with Crippen LogP contribution in [0.5, 0.6) is 0 Å². The fourth-order valence-electron chi connectivity index (χ4n) is 2.46. The first-order valence-corrected chi connectivity index (χ1v) is 8.17. The number of amides is 1. The number of carbonyl (C=O) groups is 1. The molecule has 0 saturated carbocycles. The second kappa shape index (κ2) is 5.79. The molecule has 2 aliphatic rings. The predicted molar refractivity (Wildman–Crippen MR) is 75.2 cm³/mol. The van der Waals surface area contributed by atoms with Crippen molar-refractivity contribution in [2.45, 2.75) is 50.9 Å². The molecule has 2 unspecified atom stereocenters. The fraction of sp³-hybridized carbons (Fsp3) is 0.923. The molecule has 0 aromatic rings. The monoisotopic (exact) mass is 288 g/mol. The largest absolute Gasteiger partial charge is 0.444 e. The number of likely N-dealkylation sites (tertiary alicyclic amines) is 1. The lowest BCUT2D eigenvalue weighted by Gasteiger charge is -2.24. The number of rotatable bonds is 2. The van der Waals surface area contributed by atoms with Crippen LogP contribution in [0.4, 0.5) is 4.79 Å². The third-order valence-electron chi connectivity index (χ3n) is 3.40. The van der Waals surface area contributed by atoms with Crippen molar-refractivity contribution < 1.29 is 13.7 Å². The van der Waals surface area contributed by atoms with Crippen LogP contribution < -0.4 is 0 Å². The molecule has 0 radical (unpaired) electrons. The third-order valence-corrected chi connectivity index (χ3v) is 5.23.